The molecule has 0 saturated carbocycles. The topological polar surface area (TPSA) is 16.4 Å². The van der Waals surface area contributed by atoms with Crippen LogP contribution >= 0.6 is 11.3 Å². The van der Waals surface area contributed by atoms with Crippen molar-refractivity contribution in [3.05, 3.63) is 200 Å². The lowest BCUT2D eigenvalue weighted by molar-refractivity contribution is 0.669. The fourth-order valence-electron chi connectivity index (χ4n) is 8.37. The van der Waals surface area contributed by atoms with Gasteiger partial charge < -0.3 is 9.32 Å². The molecule has 11 rings (SSSR count). The zero-order valence-electron chi connectivity index (χ0n) is 29.8. The van der Waals surface area contributed by atoms with Crippen LogP contribution in [-0.4, -0.2) is 0 Å². The van der Waals surface area contributed by atoms with Crippen molar-refractivity contribution < 1.29 is 4.42 Å². The average molecular weight is 720 g/mol. The lowest BCUT2D eigenvalue weighted by atomic mass is 9.92. The Morgan fingerprint density at radius 2 is 0.964 bits per heavy atom. The first-order valence-electron chi connectivity index (χ1n) is 18.7. The van der Waals surface area contributed by atoms with E-state index in [4.69, 9.17) is 4.42 Å². The van der Waals surface area contributed by atoms with Gasteiger partial charge in [-0.15, -0.1) is 11.3 Å². The van der Waals surface area contributed by atoms with Crippen molar-refractivity contribution in [2.24, 2.45) is 0 Å². The average Bonchev–Trinajstić information content (AvgIpc) is 3.83. The highest BCUT2D eigenvalue weighted by atomic mass is 32.1. The van der Waals surface area contributed by atoms with E-state index in [1.54, 1.807) is 0 Å². The normalized spacial score (nSPS) is 11.6. The van der Waals surface area contributed by atoms with Crippen molar-refractivity contribution in [1.29, 1.82) is 0 Å². The van der Waals surface area contributed by atoms with Gasteiger partial charge in [0, 0.05) is 47.9 Å². The van der Waals surface area contributed by atoms with Crippen LogP contribution in [0, 0.1) is 0 Å². The van der Waals surface area contributed by atoms with Gasteiger partial charge in [-0.05, 0) is 93.2 Å². The van der Waals surface area contributed by atoms with Crippen molar-refractivity contribution in [2.75, 3.05) is 4.90 Å². The molecule has 3 heteroatoms. The highest BCUT2D eigenvalue weighted by Crippen LogP contribution is 2.49. The van der Waals surface area contributed by atoms with E-state index < -0.39 is 0 Å². The molecule has 0 unspecified atom stereocenters. The second-order valence-electron chi connectivity index (χ2n) is 14.0. The SMILES string of the molecule is c1ccc(-c2ccc(N(c3ccc(-c4cccc5sc6ccccc6c45)cc3)c3ccc4oc5ccccc5c4c3-c3cccc4ccccc34)cc2)cc1. The van der Waals surface area contributed by atoms with Gasteiger partial charge in [-0.1, -0.05) is 146 Å². The number of furan rings is 1. The molecule has 0 bridgehead atoms. The summed E-state index contributed by atoms with van der Waals surface area (Å²) in [6, 6.07) is 72.2. The Balaban J connectivity index is 1.16. The van der Waals surface area contributed by atoms with Crippen LogP contribution in [0.2, 0.25) is 0 Å². The van der Waals surface area contributed by atoms with Gasteiger partial charge in [-0.25, -0.2) is 0 Å². The van der Waals surface area contributed by atoms with Gasteiger partial charge in [-0.3, -0.25) is 0 Å². The van der Waals surface area contributed by atoms with Crippen molar-refractivity contribution in [1.82, 2.24) is 0 Å². The smallest absolute Gasteiger partial charge is 0.136 e. The third kappa shape index (κ3) is 5.24. The summed E-state index contributed by atoms with van der Waals surface area (Å²) in [6.07, 6.45) is 0. The summed E-state index contributed by atoms with van der Waals surface area (Å²) >= 11 is 1.86. The largest absolute Gasteiger partial charge is 0.456 e. The van der Waals surface area contributed by atoms with Crippen LogP contribution in [0.5, 0.6) is 0 Å². The minimum atomic E-state index is 0.874. The van der Waals surface area contributed by atoms with Gasteiger partial charge in [0.15, 0.2) is 0 Å². The highest BCUT2D eigenvalue weighted by Gasteiger charge is 2.24. The summed E-state index contributed by atoms with van der Waals surface area (Å²) in [5.41, 5.74) is 12.1. The molecule has 258 valence electrons. The molecule has 55 heavy (non-hydrogen) atoms. The van der Waals surface area contributed by atoms with Crippen molar-refractivity contribution in [3.63, 3.8) is 0 Å². The number of anilines is 3. The molecule has 0 atom stereocenters. The van der Waals surface area contributed by atoms with Crippen molar-refractivity contribution in [2.45, 2.75) is 0 Å². The Kier molecular flexibility index (Phi) is 7.39. The summed E-state index contributed by atoms with van der Waals surface area (Å²) in [6.45, 7) is 0. The first-order chi connectivity index (χ1) is 27.3. The summed E-state index contributed by atoms with van der Waals surface area (Å²) in [5.74, 6) is 0. The summed E-state index contributed by atoms with van der Waals surface area (Å²) in [5, 5.41) is 7.25. The van der Waals surface area contributed by atoms with Crippen molar-refractivity contribution in [3.8, 4) is 33.4 Å². The number of para-hydroxylation sites is 1. The summed E-state index contributed by atoms with van der Waals surface area (Å²) in [4.78, 5) is 2.41. The number of rotatable bonds is 6. The van der Waals surface area contributed by atoms with Crippen LogP contribution in [-0.2, 0) is 0 Å². The van der Waals surface area contributed by atoms with Gasteiger partial charge in [0.1, 0.15) is 11.2 Å². The molecule has 0 radical (unpaired) electrons. The molecule has 0 aliphatic heterocycles. The summed E-state index contributed by atoms with van der Waals surface area (Å²) in [7, 11) is 0. The predicted octanol–water partition coefficient (Wildman–Crippen LogP) is 15.6. The molecule has 0 fully saturated rings. The zero-order valence-corrected chi connectivity index (χ0v) is 30.6. The van der Waals surface area contributed by atoms with E-state index in [1.807, 2.05) is 17.4 Å². The molecule has 0 saturated heterocycles. The van der Waals surface area contributed by atoms with Crippen LogP contribution in [0.4, 0.5) is 17.1 Å². The standard InChI is InChI=1S/C52H33NOS/c1-2-12-34(13-3-1)35-24-28-38(29-25-35)53(39-30-26-37(27-31-39)41-19-11-23-49-50(41)44-18-7-9-22-48(44)55-49)45-32-33-47-52(43-17-6-8-21-46(43)54-47)51(45)42-20-10-15-36-14-4-5-16-40(36)42/h1-33H. The fraction of sp³-hybridized carbons (Fsp3) is 0. The van der Waals surface area contributed by atoms with Gasteiger partial charge in [0.25, 0.3) is 0 Å². The number of hydrogen-bond donors (Lipinski definition) is 0. The van der Waals surface area contributed by atoms with E-state index >= 15 is 0 Å². The molecule has 11 aromatic rings. The molecule has 0 N–H and O–H groups in total. The third-order valence-corrected chi connectivity index (χ3v) is 12.0. The Bertz CT molecular complexity index is 3190. The molecule has 2 nitrogen and oxygen atoms in total. The molecule has 0 aliphatic carbocycles. The fourth-order valence-corrected chi connectivity index (χ4v) is 9.51. The van der Waals surface area contributed by atoms with Gasteiger partial charge in [0.05, 0.1) is 5.69 Å². The first kappa shape index (κ1) is 31.6. The lowest BCUT2D eigenvalue weighted by Gasteiger charge is -2.29. The number of hydrogen-bond acceptors (Lipinski definition) is 3. The molecule has 0 spiro atoms. The van der Waals surface area contributed by atoms with Gasteiger partial charge >= 0.3 is 0 Å². The Labute approximate surface area is 322 Å². The molecule has 0 amide bonds. The van der Waals surface area contributed by atoms with Crippen molar-refractivity contribution >= 4 is 81.3 Å². The highest BCUT2D eigenvalue weighted by molar-refractivity contribution is 7.25. The van der Waals surface area contributed by atoms with E-state index in [0.29, 0.717) is 0 Å². The maximum Gasteiger partial charge on any atom is 0.136 e. The Morgan fingerprint density at radius 1 is 0.364 bits per heavy atom. The maximum absolute atomic E-state index is 6.54. The Hall–Kier alpha value is -6.94. The van der Waals surface area contributed by atoms with Gasteiger partial charge in [-0.2, -0.15) is 0 Å². The molecule has 0 aliphatic rings. The van der Waals surface area contributed by atoms with E-state index in [0.717, 1.165) is 44.6 Å². The van der Waals surface area contributed by atoms with Crippen LogP contribution < -0.4 is 4.90 Å². The van der Waals surface area contributed by atoms with E-state index in [2.05, 4.69) is 199 Å². The predicted molar refractivity (Wildman–Crippen MR) is 235 cm³/mol. The van der Waals surface area contributed by atoms with E-state index in [1.165, 1.54) is 58.8 Å². The molecular weight excluding hydrogens is 687 g/mol. The van der Waals surface area contributed by atoms with E-state index in [9.17, 15) is 0 Å². The number of nitrogens with zero attached hydrogens (tertiary/aromatic N) is 1. The zero-order chi connectivity index (χ0) is 36.3. The summed E-state index contributed by atoms with van der Waals surface area (Å²) < 4.78 is 9.17. The quantitative estimate of drug-likeness (QED) is 0.170. The van der Waals surface area contributed by atoms with E-state index in [-0.39, 0.29) is 0 Å². The monoisotopic (exact) mass is 719 g/mol. The number of benzene rings is 9. The van der Waals surface area contributed by atoms with Crippen LogP contribution in [0.15, 0.2) is 205 Å². The van der Waals surface area contributed by atoms with Crippen LogP contribution in [0.3, 0.4) is 0 Å². The molecule has 2 aromatic heterocycles. The molecular formula is C52H33NOS. The second-order valence-corrected chi connectivity index (χ2v) is 15.1. The van der Waals surface area contributed by atoms with Crippen LogP contribution in [0.1, 0.15) is 0 Å². The maximum atomic E-state index is 6.54. The third-order valence-electron chi connectivity index (χ3n) is 10.9. The second kappa shape index (κ2) is 12.9. The minimum Gasteiger partial charge on any atom is -0.456 e. The molecule has 9 aromatic carbocycles. The lowest BCUT2D eigenvalue weighted by Crippen LogP contribution is -2.11. The van der Waals surface area contributed by atoms with Gasteiger partial charge in [0.2, 0.25) is 0 Å². The first-order valence-corrected chi connectivity index (χ1v) is 19.5. The van der Waals surface area contributed by atoms with Crippen LogP contribution in [0.25, 0.3) is 86.3 Å². The number of thiophene rings is 1. The number of fused-ring (bicyclic) bond motifs is 7. The Morgan fingerprint density at radius 3 is 1.78 bits per heavy atom. The minimum absolute atomic E-state index is 0.874. The molecule has 2 heterocycles.